The number of hydrogen-bond acceptors (Lipinski definition) is 5. The number of fused-ring (bicyclic) bond motifs is 1. The van der Waals surface area contributed by atoms with Crippen LogP contribution in [0.2, 0.25) is 0 Å². The van der Waals surface area contributed by atoms with Crippen LogP contribution in [0.1, 0.15) is 0 Å². The van der Waals surface area contributed by atoms with Crippen LogP contribution < -0.4 is 10.9 Å². The maximum atomic E-state index is 13.6. The second kappa shape index (κ2) is 7.84. The van der Waals surface area contributed by atoms with Gasteiger partial charge in [0.25, 0.3) is 0 Å². The molecule has 0 radical (unpaired) electrons. The maximum Gasteiger partial charge on any atom is 0.300 e. The average Bonchev–Trinajstić information content (AvgIpc) is 3.12. The number of carbonyl (C=O) groups excluding carboxylic acids is 1. The molecule has 146 valence electrons. The number of nitrogens with zero attached hydrogens (tertiary/aromatic N) is 4. The van der Waals surface area contributed by atoms with Crippen LogP contribution in [0.5, 0.6) is 0 Å². The van der Waals surface area contributed by atoms with Crippen molar-refractivity contribution in [2.24, 2.45) is 0 Å². The number of anilines is 1. The Balaban J connectivity index is 1.54. The van der Waals surface area contributed by atoms with Crippen LogP contribution in [0.3, 0.4) is 0 Å². The molecule has 0 aliphatic rings. The summed E-state index contributed by atoms with van der Waals surface area (Å²) >= 11 is 1.05. The third-order valence-electron chi connectivity index (χ3n) is 4.01. The number of benzene rings is 2. The molecule has 0 bridgehead atoms. The van der Waals surface area contributed by atoms with E-state index in [0.29, 0.717) is 10.8 Å². The highest BCUT2D eigenvalue weighted by atomic mass is 32.2. The number of halogens is 2. The first-order valence-electron chi connectivity index (χ1n) is 8.42. The number of aromatic nitrogens is 4. The van der Waals surface area contributed by atoms with E-state index < -0.39 is 23.1 Å². The lowest BCUT2D eigenvalue weighted by Crippen LogP contribution is -2.20. The molecular formula is C19H13F2N5O2S. The molecule has 0 fully saturated rings. The van der Waals surface area contributed by atoms with Crippen molar-refractivity contribution in [2.45, 2.75) is 5.16 Å². The first-order chi connectivity index (χ1) is 14.0. The largest absolute Gasteiger partial charge is 0.323 e. The molecule has 1 N–H and O–H groups in total. The van der Waals surface area contributed by atoms with Crippen molar-refractivity contribution in [3.05, 3.63) is 82.9 Å². The van der Waals surface area contributed by atoms with Crippen LogP contribution in [0, 0.1) is 11.6 Å². The van der Waals surface area contributed by atoms with Crippen molar-refractivity contribution in [2.75, 3.05) is 11.1 Å². The summed E-state index contributed by atoms with van der Waals surface area (Å²) in [7, 11) is 0. The van der Waals surface area contributed by atoms with E-state index in [4.69, 9.17) is 0 Å². The minimum Gasteiger partial charge on any atom is -0.323 e. The number of carbonyl (C=O) groups is 1. The molecule has 0 atom stereocenters. The Morgan fingerprint density at radius 2 is 1.90 bits per heavy atom. The number of para-hydroxylation sites is 1. The Hall–Kier alpha value is -3.53. The van der Waals surface area contributed by atoms with E-state index in [0.717, 1.165) is 11.8 Å². The van der Waals surface area contributed by atoms with Gasteiger partial charge in [-0.05, 0) is 30.3 Å². The third kappa shape index (κ3) is 3.87. The Labute approximate surface area is 167 Å². The van der Waals surface area contributed by atoms with Crippen molar-refractivity contribution >= 4 is 29.0 Å². The lowest BCUT2D eigenvalue weighted by molar-refractivity contribution is -0.113. The van der Waals surface area contributed by atoms with Crippen LogP contribution in [0.15, 0.2) is 70.9 Å². The molecule has 4 rings (SSSR count). The molecule has 10 heteroatoms. The van der Waals surface area contributed by atoms with Gasteiger partial charge in [-0.1, -0.05) is 30.0 Å². The molecule has 29 heavy (non-hydrogen) atoms. The van der Waals surface area contributed by atoms with Crippen molar-refractivity contribution in [3.8, 4) is 5.69 Å². The minimum absolute atomic E-state index is 0.0359. The summed E-state index contributed by atoms with van der Waals surface area (Å²) in [6.07, 6.45) is 3.02. The molecule has 2 heterocycles. The number of hydrogen-bond donors (Lipinski definition) is 1. The van der Waals surface area contributed by atoms with E-state index in [1.54, 1.807) is 18.3 Å². The number of amides is 1. The maximum absolute atomic E-state index is 13.6. The van der Waals surface area contributed by atoms with E-state index in [2.05, 4.69) is 15.5 Å². The standard InChI is InChI=1S/C19H13F2N5O2S/c20-12-4-3-5-13(10-12)25-8-9-26-17(18(25)28)23-24-19(26)29-11-16(27)22-15-7-2-1-6-14(15)21/h1-10H,11H2,(H,22,27). The van der Waals surface area contributed by atoms with Gasteiger partial charge in [0.05, 0.1) is 17.1 Å². The summed E-state index contributed by atoms with van der Waals surface area (Å²) in [5.74, 6) is -1.48. The van der Waals surface area contributed by atoms with E-state index in [9.17, 15) is 18.4 Å². The predicted molar refractivity (Wildman–Crippen MR) is 104 cm³/mol. The molecule has 7 nitrogen and oxygen atoms in total. The summed E-state index contributed by atoms with van der Waals surface area (Å²) in [5.41, 5.74) is 0.00295. The second-order valence-corrected chi connectivity index (χ2v) is 6.89. The fraction of sp³-hybridized carbons (Fsp3) is 0.0526. The molecule has 0 unspecified atom stereocenters. The smallest absolute Gasteiger partial charge is 0.300 e. The lowest BCUT2D eigenvalue weighted by atomic mass is 10.3. The highest BCUT2D eigenvalue weighted by molar-refractivity contribution is 7.99. The van der Waals surface area contributed by atoms with Crippen molar-refractivity contribution in [3.63, 3.8) is 0 Å². The lowest BCUT2D eigenvalue weighted by Gasteiger charge is -2.07. The van der Waals surface area contributed by atoms with Crippen LogP contribution in [0.25, 0.3) is 11.3 Å². The second-order valence-electron chi connectivity index (χ2n) is 5.95. The fourth-order valence-electron chi connectivity index (χ4n) is 2.67. The molecule has 4 aromatic rings. The van der Waals surface area contributed by atoms with Gasteiger partial charge in [0, 0.05) is 12.4 Å². The van der Waals surface area contributed by atoms with Crippen molar-refractivity contribution in [1.82, 2.24) is 19.2 Å². The van der Waals surface area contributed by atoms with Gasteiger partial charge >= 0.3 is 5.56 Å². The molecule has 2 aromatic carbocycles. The van der Waals surface area contributed by atoms with E-state index in [1.165, 1.54) is 51.6 Å². The van der Waals surface area contributed by atoms with Crippen molar-refractivity contribution in [1.29, 1.82) is 0 Å². The van der Waals surface area contributed by atoms with Gasteiger partial charge in [-0.2, -0.15) is 0 Å². The third-order valence-corrected chi connectivity index (χ3v) is 4.95. The van der Waals surface area contributed by atoms with Crippen molar-refractivity contribution < 1.29 is 13.6 Å². The zero-order valence-electron chi connectivity index (χ0n) is 14.8. The number of rotatable bonds is 5. The summed E-state index contributed by atoms with van der Waals surface area (Å²) < 4.78 is 29.8. The van der Waals surface area contributed by atoms with Crippen LogP contribution in [-0.2, 0) is 4.79 Å². The SMILES string of the molecule is O=C(CSc1nnc2c(=O)n(-c3cccc(F)c3)ccn12)Nc1ccccc1F. The fourth-order valence-corrected chi connectivity index (χ4v) is 3.39. The van der Waals surface area contributed by atoms with Gasteiger partial charge < -0.3 is 5.32 Å². The molecule has 0 saturated heterocycles. The predicted octanol–water partition coefficient (Wildman–Crippen LogP) is 2.89. The zero-order valence-corrected chi connectivity index (χ0v) is 15.6. The summed E-state index contributed by atoms with van der Waals surface area (Å²) in [4.78, 5) is 24.7. The first kappa shape index (κ1) is 18.8. The Bertz CT molecular complexity index is 1270. The summed E-state index contributed by atoms with van der Waals surface area (Å²) in [6, 6.07) is 11.5. The summed E-state index contributed by atoms with van der Waals surface area (Å²) in [6.45, 7) is 0. The minimum atomic E-state index is -0.531. The monoisotopic (exact) mass is 413 g/mol. The molecule has 1 amide bonds. The highest BCUT2D eigenvalue weighted by Gasteiger charge is 2.14. The molecule has 0 saturated carbocycles. The van der Waals surface area contributed by atoms with Crippen LogP contribution in [0.4, 0.5) is 14.5 Å². The molecular weight excluding hydrogens is 400 g/mol. The number of thioether (sulfide) groups is 1. The Kier molecular flexibility index (Phi) is 5.09. The number of nitrogens with one attached hydrogen (secondary N) is 1. The summed E-state index contributed by atoms with van der Waals surface area (Å²) in [5, 5.41) is 10.6. The quantitative estimate of drug-likeness (QED) is 0.509. The first-order valence-corrected chi connectivity index (χ1v) is 9.41. The normalized spacial score (nSPS) is 11.0. The molecule has 2 aromatic heterocycles. The van der Waals surface area contributed by atoms with Gasteiger partial charge in [0.2, 0.25) is 11.6 Å². The molecule has 0 aliphatic carbocycles. The van der Waals surface area contributed by atoms with Gasteiger partial charge in [0.15, 0.2) is 5.16 Å². The highest BCUT2D eigenvalue weighted by Crippen LogP contribution is 2.18. The van der Waals surface area contributed by atoms with Gasteiger partial charge in [0.1, 0.15) is 11.6 Å². The van der Waals surface area contributed by atoms with Gasteiger partial charge in [-0.3, -0.25) is 18.6 Å². The van der Waals surface area contributed by atoms with Crippen LogP contribution in [-0.4, -0.2) is 30.8 Å². The zero-order chi connectivity index (χ0) is 20.4. The molecule has 0 aliphatic heterocycles. The van der Waals surface area contributed by atoms with Gasteiger partial charge in [-0.15, -0.1) is 10.2 Å². The van der Waals surface area contributed by atoms with E-state index in [-0.39, 0.29) is 17.1 Å². The Morgan fingerprint density at radius 1 is 1.07 bits per heavy atom. The van der Waals surface area contributed by atoms with E-state index in [1.807, 2.05) is 0 Å². The van der Waals surface area contributed by atoms with Gasteiger partial charge in [-0.25, -0.2) is 8.78 Å². The average molecular weight is 413 g/mol. The van der Waals surface area contributed by atoms with E-state index >= 15 is 0 Å². The van der Waals surface area contributed by atoms with Crippen LogP contribution >= 0.6 is 11.8 Å². The topological polar surface area (TPSA) is 81.3 Å². The Morgan fingerprint density at radius 3 is 2.69 bits per heavy atom. The molecule has 0 spiro atoms.